The fraction of sp³-hybridized carbons (Fsp3) is 0.321. The molecule has 1 saturated heterocycles. The molecule has 0 atom stereocenters. The van der Waals surface area contributed by atoms with Gasteiger partial charge >= 0.3 is 6.18 Å². The minimum Gasteiger partial charge on any atom is -0.382 e. The van der Waals surface area contributed by atoms with Gasteiger partial charge in [-0.25, -0.2) is 9.50 Å². The molecule has 0 saturated carbocycles. The van der Waals surface area contributed by atoms with Crippen LogP contribution >= 0.6 is 0 Å². The van der Waals surface area contributed by atoms with Crippen LogP contribution in [-0.2, 0) is 12.7 Å². The molecule has 0 radical (unpaired) electrons. The Morgan fingerprint density at radius 2 is 1.77 bits per heavy atom. The number of hydrogen-bond acceptors (Lipinski definition) is 6. The Bertz CT molecular complexity index is 1510. The van der Waals surface area contributed by atoms with E-state index in [2.05, 4.69) is 32.1 Å². The van der Waals surface area contributed by atoms with Crippen LogP contribution in [0.2, 0.25) is 0 Å². The van der Waals surface area contributed by atoms with Crippen LogP contribution in [0, 0.1) is 6.92 Å². The molecule has 1 fully saturated rings. The second kappa shape index (κ2) is 10.7. The highest BCUT2D eigenvalue weighted by atomic mass is 19.4. The first kappa shape index (κ1) is 26.6. The number of fused-ring (bicyclic) bond motifs is 1. The number of likely N-dealkylation sites (N-methyl/N-ethyl adjacent to an activating group) is 1. The molecule has 204 valence electrons. The van der Waals surface area contributed by atoms with Gasteiger partial charge < -0.3 is 16.0 Å². The Hall–Kier alpha value is -3.96. The molecule has 0 spiro atoms. The first-order valence-electron chi connectivity index (χ1n) is 12.8. The number of halogens is 3. The average molecular weight is 538 g/mol. The third-order valence-electron chi connectivity index (χ3n) is 7.01. The van der Waals surface area contributed by atoms with E-state index in [1.807, 2.05) is 6.92 Å². The Kier molecular flexibility index (Phi) is 7.28. The first-order chi connectivity index (χ1) is 18.6. The minimum absolute atomic E-state index is 0.104. The third-order valence-corrected chi connectivity index (χ3v) is 7.01. The van der Waals surface area contributed by atoms with Crippen LogP contribution in [0.1, 0.15) is 34.0 Å². The molecule has 8 nitrogen and oxygen atoms in total. The minimum atomic E-state index is -4.53. The van der Waals surface area contributed by atoms with E-state index in [1.165, 1.54) is 0 Å². The lowest BCUT2D eigenvalue weighted by Crippen LogP contribution is -2.45. The number of rotatable bonds is 6. The summed E-state index contributed by atoms with van der Waals surface area (Å²) in [5.74, 6) is -0.167. The predicted octanol–water partition coefficient (Wildman–Crippen LogP) is 4.70. The summed E-state index contributed by atoms with van der Waals surface area (Å²) in [6, 6.07) is 12.4. The second-order valence-electron chi connectivity index (χ2n) is 9.80. The maximum Gasteiger partial charge on any atom is 0.416 e. The molecule has 3 N–H and O–H groups in total. The number of aryl methyl sites for hydroxylation is 1. The molecule has 0 bridgehead atoms. The van der Waals surface area contributed by atoms with Crippen LogP contribution in [0.25, 0.3) is 16.9 Å². The van der Waals surface area contributed by atoms with Gasteiger partial charge in [0.2, 0.25) is 0 Å². The van der Waals surface area contributed by atoms with Gasteiger partial charge in [0, 0.05) is 49.5 Å². The van der Waals surface area contributed by atoms with Gasteiger partial charge in [0.1, 0.15) is 5.82 Å². The lowest BCUT2D eigenvalue weighted by molar-refractivity contribution is -0.137. The summed E-state index contributed by atoms with van der Waals surface area (Å²) in [4.78, 5) is 21.8. The highest BCUT2D eigenvalue weighted by Crippen LogP contribution is 2.33. The molecule has 0 aliphatic carbocycles. The summed E-state index contributed by atoms with van der Waals surface area (Å²) in [5, 5.41) is 7.21. The summed E-state index contributed by atoms with van der Waals surface area (Å²) in [6.07, 6.45) is -2.94. The van der Waals surface area contributed by atoms with Crippen LogP contribution in [-0.4, -0.2) is 63.0 Å². The molecule has 1 amide bonds. The molecule has 1 aliphatic rings. The molecule has 11 heteroatoms. The molecule has 2 aromatic heterocycles. The Balaban J connectivity index is 1.39. The number of amides is 1. The third kappa shape index (κ3) is 6.04. The number of alkyl halides is 3. The lowest BCUT2D eigenvalue weighted by Gasteiger charge is -2.34. The number of benzene rings is 2. The van der Waals surface area contributed by atoms with Crippen molar-refractivity contribution in [2.75, 3.05) is 43.8 Å². The van der Waals surface area contributed by atoms with Gasteiger partial charge in [0.05, 0.1) is 17.5 Å². The number of aromatic nitrogens is 3. The number of nitrogens with two attached hydrogens (primary N) is 1. The van der Waals surface area contributed by atoms with Crippen LogP contribution < -0.4 is 11.1 Å². The number of hydrogen-bond donors (Lipinski definition) is 2. The van der Waals surface area contributed by atoms with Crippen molar-refractivity contribution in [2.24, 2.45) is 0 Å². The lowest BCUT2D eigenvalue weighted by atomic mass is 10.0. The molecular weight excluding hydrogens is 507 g/mol. The molecule has 39 heavy (non-hydrogen) atoms. The zero-order chi connectivity index (χ0) is 27.7. The van der Waals surface area contributed by atoms with E-state index in [4.69, 9.17) is 5.73 Å². The normalized spacial score (nSPS) is 15.1. The van der Waals surface area contributed by atoms with E-state index in [1.54, 1.807) is 47.1 Å². The van der Waals surface area contributed by atoms with E-state index < -0.39 is 17.6 Å². The molecule has 0 unspecified atom stereocenters. The van der Waals surface area contributed by atoms with Gasteiger partial charge in [0.15, 0.2) is 5.65 Å². The number of carbonyl (C=O) groups is 1. The van der Waals surface area contributed by atoms with Crippen LogP contribution in [0.5, 0.6) is 0 Å². The van der Waals surface area contributed by atoms with Gasteiger partial charge in [-0.15, -0.1) is 0 Å². The number of imidazole rings is 1. The Morgan fingerprint density at radius 1 is 1.03 bits per heavy atom. The van der Waals surface area contributed by atoms with E-state index >= 15 is 0 Å². The molecule has 2 aromatic carbocycles. The Morgan fingerprint density at radius 3 is 2.49 bits per heavy atom. The number of carbonyl (C=O) groups excluding carboxylic acids is 1. The quantitative estimate of drug-likeness (QED) is 0.371. The molecule has 5 rings (SSSR count). The highest BCUT2D eigenvalue weighted by Gasteiger charge is 2.31. The molecule has 4 aromatic rings. The number of nitrogen functional groups attached to an aromatic ring is 1. The van der Waals surface area contributed by atoms with Crippen LogP contribution in [0.15, 0.2) is 54.7 Å². The maximum atomic E-state index is 13.7. The Labute approximate surface area is 224 Å². The fourth-order valence-corrected chi connectivity index (χ4v) is 4.83. The van der Waals surface area contributed by atoms with Crippen molar-refractivity contribution in [1.82, 2.24) is 24.4 Å². The van der Waals surface area contributed by atoms with E-state index in [0.29, 0.717) is 40.4 Å². The zero-order valence-corrected chi connectivity index (χ0v) is 21.8. The molecule has 3 heterocycles. The zero-order valence-electron chi connectivity index (χ0n) is 21.8. The van der Waals surface area contributed by atoms with E-state index in [0.717, 1.165) is 50.4 Å². The van der Waals surface area contributed by atoms with E-state index in [9.17, 15) is 18.0 Å². The van der Waals surface area contributed by atoms with Crippen molar-refractivity contribution in [3.63, 3.8) is 0 Å². The second-order valence-corrected chi connectivity index (χ2v) is 9.80. The highest BCUT2D eigenvalue weighted by molar-refractivity contribution is 6.05. The van der Waals surface area contributed by atoms with Gasteiger partial charge in [-0.05, 0) is 67.1 Å². The topological polar surface area (TPSA) is 91.8 Å². The van der Waals surface area contributed by atoms with Crippen LogP contribution in [0.4, 0.5) is 24.7 Å². The summed E-state index contributed by atoms with van der Waals surface area (Å²) in [6.45, 7) is 8.65. The average Bonchev–Trinajstić information content (AvgIpc) is 3.28. The van der Waals surface area contributed by atoms with Crippen molar-refractivity contribution in [3.05, 3.63) is 77.0 Å². The monoisotopic (exact) mass is 537 g/mol. The van der Waals surface area contributed by atoms with Crippen molar-refractivity contribution < 1.29 is 18.0 Å². The summed E-state index contributed by atoms with van der Waals surface area (Å²) >= 11 is 0. The van der Waals surface area contributed by atoms with Crippen molar-refractivity contribution in [2.45, 2.75) is 26.6 Å². The fourth-order valence-electron chi connectivity index (χ4n) is 4.83. The molecular formula is C28H30F3N7O. The van der Waals surface area contributed by atoms with Gasteiger partial charge in [-0.3, -0.25) is 9.69 Å². The van der Waals surface area contributed by atoms with Gasteiger partial charge in [0.25, 0.3) is 5.91 Å². The maximum absolute atomic E-state index is 13.7. The van der Waals surface area contributed by atoms with Gasteiger partial charge in [-0.1, -0.05) is 13.0 Å². The molecule has 1 aliphatic heterocycles. The largest absolute Gasteiger partial charge is 0.416 e. The number of nitrogens with zero attached hydrogens (tertiary/aromatic N) is 5. The standard InChI is InChI=1S/C28H30F3N7O/c1-3-36-8-10-37(11-9-36)16-19-12-21(28(29,30)31)15-22(13-19)33-27(39)20-5-4-18(2)23(14-20)24-6-7-26-34-25(32)17-38(26)35-24/h4-7,12-15,17H,3,8-11,16,32H2,1-2H3,(H,33,39). The van der Waals surface area contributed by atoms with Crippen molar-refractivity contribution in [3.8, 4) is 11.3 Å². The predicted molar refractivity (Wildman–Crippen MR) is 144 cm³/mol. The summed E-state index contributed by atoms with van der Waals surface area (Å²) < 4.78 is 42.7. The number of anilines is 2. The van der Waals surface area contributed by atoms with E-state index in [-0.39, 0.29) is 5.69 Å². The van der Waals surface area contributed by atoms with Crippen molar-refractivity contribution in [1.29, 1.82) is 0 Å². The summed E-state index contributed by atoms with van der Waals surface area (Å²) in [7, 11) is 0. The van der Waals surface area contributed by atoms with Crippen LogP contribution in [0.3, 0.4) is 0 Å². The SMILES string of the molecule is CCN1CCN(Cc2cc(NC(=O)c3ccc(C)c(-c4ccc5nc(N)cn5n4)c3)cc(C(F)(F)F)c2)CC1. The van der Waals surface area contributed by atoms with Gasteiger partial charge in [-0.2, -0.15) is 18.3 Å². The number of piperazine rings is 1. The summed E-state index contributed by atoms with van der Waals surface area (Å²) in [5.41, 5.74) is 8.69. The smallest absolute Gasteiger partial charge is 0.382 e. The van der Waals surface area contributed by atoms with Crippen molar-refractivity contribution >= 4 is 23.1 Å². The number of nitrogens with one attached hydrogen (secondary N) is 1. The first-order valence-corrected chi connectivity index (χ1v) is 12.8.